The smallest absolute Gasteiger partial charge is 0.239 e. The van der Waals surface area contributed by atoms with Gasteiger partial charge in [-0.05, 0) is 19.8 Å². The molecule has 3 heterocycles. The molecule has 0 spiro atoms. The summed E-state index contributed by atoms with van der Waals surface area (Å²) in [6, 6.07) is 0.0148. The van der Waals surface area contributed by atoms with Crippen molar-refractivity contribution in [3.05, 3.63) is 12.7 Å². The summed E-state index contributed by atoms with van der Waals surface area (Å²) in [5, 5.41) is 2.99. The second kappa shape index (κ2) is 6.27. The van der Waals surface area contributed by atoms with Gasteiger partial charge in [-0.2, -0.15) is 0 Å². The zero-order valence-corrected chi connectivity index (χ0v) is 12.7. The topological polar surface area (TPSA) is 96.0 Å². The molecule has 2 unspecified atom stereocenters. The Morgan fingerprint density at radius 3 is 3.18 bits per heavy atom. The number of anilines is 1. The summed E-state index contributed by atoms with van der Waals surface area (Å²) in [4.78, 5) is 29.4. The summed E-state index contributed by atoms with van der Waals surface area (Å²) in [7, 11) is 1.82. The normalized spacial score (nSPS) is 19.3. The molecule has 22 heavy (non-hydrogen) atoms. The molecule has 2 N–H and O–H groups in total. The Balaban J connectivity index is 1.62. The van der Waals surface area contributed by atoms with Crippen LogP contribution in [0.4, 0.5) is 5.82 Å². The molecule has 8 heteroatoms. The Hall–Kier alpha value is -2.22. The van der Waals surface area contributed by atoms with Crippen LogP contribution >= 0.6 is 0 Å². The van der Waals surface area contributed by atoms with Crippen molar-refractivity contribution in [2.75, 3.05) is 25.1 Å². The van der Waals surface area contributed by atoms with Crippen LogP contribution in [0.15, 0.2) is 12.7 Å². The lowest BCUT2D eigenvalue weighted by Gasteiger charge is -2.23. The lowest BCUT2D eigenvalue weighted by atomic mass is 10.1. The molecule has 2 atom stereocenters. The molecule has 3 rings (SSSR count). The number of likely N-dealkylation sites (N-methyl/N-ethyl adjacent to an activating group) is 1. The van der Waals surface area contributed by atoms with Gasteiger partial charge in [-0.3, -0.25) is 4.79 Å². The first-order valence-electron chi connectivity index (χ1n) is 7.41. The molecule has 0 aliphatic carbocycles. The second-order valence-corrected chi connectivity index (χ2v) is 5.56. The molecule has 1 saturated heterocycles. The van der Waals surface area contributed by atoms with Crippen molar-refractivity contribution in [2.45, 2.75) is 31.9 Å². The first kappa shape index (κ1) is 14.7. The zero-order valence-electron chi connectivity index (χ0n) is 12.7. The van der Waals surface area contributed by atoms with Crippen molar-refractivity contribution in [1.29, 1.82) is 0 Å². The molecule has 118 valence electrons. The van der Waals surface area contributed by atoms with Crippen LogP contribution in [0.2, 0.25) is 0 Å². The van der Waals surface area contributed by atoms with Crippen LogP contribution < -0.4 is 10.2 Å². The van der Waals surface area contributed by atoms with E-state index in [1.54, 1.807) is 11.2 Å². The Labute approximate surface area is 128 Å². The maximum Gasteiger partial charge on any atom is 0.239 e. The number of carbonyl (C=O) groups is 1. The monoisotopic (exact) mass is 304 g/mol. The Bertz CT molecular complexity index is 652. The van der Waals surface area contributed by atoms with Crippen LogP contribution in [-0.4, -0.2) is 58.2 Å². The van der Waals surface area contributed by atoms with E-state index in [9.17, 15) is 4.79 Å². The van der Waals surface area contributed by atoms with E-state index >= 15 is 0 Å². The predicted molar refractivity (Wildman–Crippen MR) is 81.5 cm³/mol. The van der Waals surface area contributed by atoms with Gasteiger partial charge >= 0.3 is 0 Å². The van der Waals surface area contributed by atoms with Gasteiger partial charge in [0, 0.05) is 13.7 Å². The third-order valence-electron chi connectivity index (χ3n) is 3.86. The van der Waals surface area contributed by atoms with Gasteiger partial charge in [-0.25, -0.2) is 15.0 Å². The summed E-state index contributed by atoms with van der Waals surface area (Å²) in [6.07, 6.45) is 5.19. The van der Waals surface area contributed by atoms with E-state index in [4.69, 9.17) is 4.74 Å². The third-order valence-corrected chi connectivity index (χ3v) is 3.86. The number of nitrogens with zero attached hydrogens (tertiary/aromatic N) is 4. The average molecular weight is 304 g/mol. The van der Waals surface area contributed by atoms with E-state index in [-0.39, 0.29) is 24.6 Å². The number of aromatic amines is 1. The molecule has 0 radical (unpaired) electrons. The number of ether oxygens (including phenoxy) is 1. The van der Waals surface area contributed by atoms with Gasteiger partial charge in [-0.15, -0.1) is 0 Å². The Morgan fingerprint density at radius 1 is 1.55 bits per heavy atom. The van der Waals surface area contributed by atoms with E-state index in [2.05, 4.69) is 25.3 Å². The highest BCUT2D eigenvalue weighted by Gasteiger charge is 2.24. The standard InChI is InChI=1S/C14H20N6O2/c1-9(10-4-3-5-22-10)19-11(21)6-20(2)14-12-13(16-7-15-12)17-8-18-14/h7-10H,3-6H2,1-2H3,(H,19,21)(H,15,16,17,18). The number of rotatable bonds is 5. The predicted octanol–water partition coefficient (Wildman–Crippen LogP) is 0.473. The first-order valence-corrected chi connectivity index (χ1v) is 7.41. The molecule has 1 aliphatic heterocycles. The summed E-state index contributed by atoms with van der Waals surface area (Å²) < 4.78 is 5.59. The third kappa shape index (κ3) is 3.01. The summed E-state index contributed by atoms with van der Waals surface area (Å²) in [6.45, 7) is 2.97. The number of fused-ring (bicyclic) bond motifs is 1. The molecular weight excluding hydrogens is 284 g/mol. The fourth-order valence-electron chi connectivity index (χ4n) is 2.72. The second-order valence-electron chi connectivity index (χ2n) is 5.56. The number of H-pyrrole nitrogens is 1. The molecule has 0 aromatic carbocycles. The van der Waals surface area contributed by atoms with Gasteiger partial charge in [0.2, 0.25) is 5.91 Å². The molecule has 2 aromatic heterocycles. The highest BCUT2D eigenvalue weighted by molar-refractivity contribution is 5.87. The Kier molecular flexibility index (Phi) is 4.19. The van der Waals surface area contributed by atoms with E-state index in [0.29, 0.717) is 11.5 Å². The van der Waals surface area contributed by atoms with Crippen LogP contribution in [0.25, 0.3) is 11.2 Å². The molecular formula is C14H20N6O2. The molecule has 8 nitrogen and oxygen atoms in total. The fraction of sp³-hybridized carbons (Fsp3) is 0.571. The lowest BCUT2D eigenvalue weighted by molar-refractivity contribution is -0.121. The summed E-state index contributed by atoms with van der Waals surface area (Å²) in [5.74, 6) is 0.596. The minimum atomic E-state index is -0.0585. The van der Waals surface area contributed by atoms with E-state index in [1.807, 2.05) is 14.0 Å². The van der Waals surface area contributed by atoms with Crippen molar-refractivity contribution in [1.82, 2.24) is 25.3 Å². The van der Waals surface area contributed by atoms with Gasteiger partial charge in [0.15, 0.2) is 11.5 Å². The molecule has 0 bridgehead atoms. The summed E-state index contributed by atoms with van der Waals surface area (Å²) in [5.41, 5.74) is 1.31. The van der Waals surface area contributed by atoms with Crippen molar-refractivity contribution in [3.8, 4) is 0 Å². The molecule has 1 fully saturated rings. The van der Waals surface area contributed by atoms with Crippen LogP contribution in [0.5, 0.6) is 0 Å². The van der Waals surface area contributed by atoms with Crippen molar-refractivity contribution in [3.63, 3.8) is 0 Å². The highest BCUT2D eigenvalue weighted by Crippen LogP contribution is 2.18. The van der Waals surface area contributed by atoms with E-state index < -0.39 is 0 Å². The number of imidazole rings is 1. The number of hydrogen-bond acceptors (Lipinski definition) is 6. The maximum atomic E-state index is 12.2. The average Bonchev–Trinajstić information content (AvgIpc) is 3.17. The van der Waals surface area contributed by atoms with Crippen molar-refractivity contribution in [2.24, 2.45) is 0 Å². The number of amides is 1. The Morgan fingerprint density at radius 2 is 2.41 bits per heavy atom. The number of hydrogen-bond donors (Lipinski definition) is 2. The number of carbonyl (C=O) groups excluding carboxylic acids is 1. The lowest BCUT2D eigenvalue weighted by Crippen LogP contribution is -2.45. The van der Waals surface area contributed by atoms with Gasteiger partial charge in [0.25, 0.3) is 0 Å². The maximum absolute atomic E-state index is 12.2. The molecule has 0 saturated carbocycles. The highest BCUT2D eigenvalue weighted by atomic mass is 16.5. The largest absolute Gasteiger partial charge is 0.376 e. The molecule has 1 aliphatic rings. The molecule has 2 aromatic rings. The van der Waals surface area contributed by atoms with Gasteiger partial charge < -0.3 is 19.9 Å². The van der Waals surface area contributed by atoms with Crippen LogP contribution in [0, 0.1) is 0 Å². The fourth-order valence-corrected chi connectivity index (χ4v) is 2.72. The van der Waals surface area contributed by atoms with Crippen LogP contribution in [0.1, 0.15) is 19.8 Å². The zero-order chi connectivity index (χ0) is 15.5. The van der Waals surface area contributed by atoms with Gasteiger partial charge in [-0.1, -0.05) is 0 Å². The van der Waals surface area contributed by atoms with Crippen molar-refractivity contribution < 1.29 is 9.53 Å². The molecule has 1 amide bonds. The minimum Gasteiger partial charge on any atom is -0.376 e. The van der Waals surface area contributed by atoms with Crippen molar-refractivity contribution >= 4 is 22.9 Å². The van der Waals surface area contributed by atoms with Crippen LogP contribution in [0.3, 0.4) is 0 Å². The van der Waals surface area contributed by atoms with Gasteiger partial charge in [0.1, 0.15) is 11.8 Å². The minimum absolute atomic E-state index is 0.0148. The van der Waals surface area contributed by atoms with E-state index in [0.717, 1.165) is 25.0 Å². The number of nitrogens with one attached hydrogen (secondary N) is 2. The number of aromatic nitrogens is 4. The quantitative estimate of drug-likeness (QED) is 0.834. The SMILES string of the molecule is CC(NC(=O)CN(C)c1ncnc2nc[nH]c12)C1CCCO1. The van der Waals surface area contributed by atoms with E-state index in [1.165, 1.54) is 6.33 Å². The van der Waals surface area contributed by atoms with Gasteiger partial charge in [0.05, 0.1) is 25.0 Å². The first-order chi connectivity index (χ1) is 10.6. The summed E-state index contributed by atoms with van der Waals surface area (Å²) >= 11 is 0. The van der Waals surface area contributed by atoms with Crippen LogP contribution in [-0.2, 0) is 9.53 Å².